The standard InChI is InChI=1S/C27H33N3O3S2/c1-18-21-23(35-22(18)25(33)29-14-9-6-10-15-29)28-26(34-17-20(31)27(2,3)4)30(24(21)32)16-13-19-11-7-5-8-12-19/h5,7-8,11-12H,6,9-10,13-17H2,1-4H3. The maximum atomic E-state index is 13.8. The average Bonchev–Trinajstić information content (AvgIpc) is 3.18. The molecule has 0 spiro atoms. The van der Waals surface area contributed by atoms with E-state index in [4.69, 9.17) is 4.98 Å². The highest BCUT2D eigenvalue weighted by molar-refractivity contribution is 7.99. The summed E-state index contributed by atoms with van der Waals surface area (Å²) in [6.07, 6.45) is 3.86. The number of carbonyl (C=O) groups excluding carboxylic acids is 2. The molecule has 8 heteroatoms. The third-order valence-electron chi connectivity index (χ3n) is 6.49. The summed E-state index contributed by atoms with van der Waals surface area (Å²) in [5.41, 5.74) is 1.25. The zero-order chi connectivity index (χ0) is 25.2. The fraction of sp³-hybridized carbons (Fsp3) is 0.481. The van der Waals surface area contributed by atoms with E-state index in [0.29, 0.717) is 38.8 Å². The van der Waals surface area contributed by atoms with Gasteiger partial charge in [0.15, 0.2) is 5.16 Å². The molecule has 0 N–H and O–H groups in total. The van der Waals surface area contributed by atoms with Gasteiger partial charge in [-0.05, 0) is 43.7 Å². The lowest BCUT2D eigenvalue weighted by atomic mass is 9.92. The third kappa shape index (κ3) is 5.70. The van der Waals surface area contributed by atoms with E-state index in [1.165, 1.54) is 23.1 Å². The highest BCUT2D eigenvalue weighted by Crippen LogP contribution is 2.31. The van der Waals surface area contributed by atoms with Crippen molar-refractivity contribution in [2.45, 2.75) is 65.1 Å². The van der Waals surface area contributed by atoms with Crippen LogP contribution < -0.4 is 5.56 Å². The van der Waals surface area contributed by atoms with Gasteiger partial charge >= 0.3 is 0 Å². The van der Waals surface area contributed by atoms with Crippen LogP contribution in [0.3, 0.4) is 0 Å². The number of piperidine rings is 1. The van der Waals surface area contributed by atoms with E-state index >= 15 is 0 Å². The summed E-state index contributed by atoms with van der Waals surface area (Å²) in [5.74, 6) is 0.351. The van der Waals surface area contributed by atoms with Gasteiger partial charge in [-0.3, -0.25) is 19.0 Å². The van der Waals surface area contributed by atoms with Crippen molar-refractivity contribution < 1.29 is 9.59 Å². The molecule has 186 valence electrons. The van der Waals surface area contributed by atoms with Crippen molar-refractivity contribution in [3.8, 4) is 0 Å². The van der Waals surface area contributed by atoms with Crippen LogP contribution in [0.15, 0.2) is 40.3 Å². The zero-order valence-electron chi connectivity index (χ0n) is 20.9. The topological polar surface area (TPSA) is 72.3 Å². The van der Waals surface area contributed by atoms with Gasteiger partial charge in [-0.1, -0.05) is 62.9 Å². The highest BCUT2D eigenvalue weighted by atomic mass is 32.2. The molecule has 0 aliphatic carbocycles. The molecule has 1 fully saturated rings. The molecule has 1 saturated heterocycles. The molecule has 4 rings (SSSR count). The van der Waals surface area contributed by atoms with E-state index in [0.717, 1.165) is 37.9 Å². The number of Topliss-reactive ketones (excluding diaryl/α,β-unsaturated/α-hetero) is 1. The predicted octanol–water partition coefficient (Wildman–Crippen LogP) is 5.34. The number of rotatable bonds is 7. The summed E-state index contributed by atoms with van der Waals surface area (Å²) in [6, 6.07) is 10.0. The van der Waals surface area contributed by atoms with Gasteiger partial charge in [0.05, 0.1) is 16.0 Å². The first-order chi connectivity index (χ1) is 16.7. The summed E-state index contributed by atoms with van der Waals surface area (Å²) >= 11 is 2.61. The van der Waals surface area contributed by atoms with Crippen molar-refractivity contribution in [1.82, 2.24) is 14.5 Å². The zero-order valence-corrected chi connectivity index (χ0v) is 22.6. The van der Waals surface area contributed by atoms with Crippen LogP contribution >= 0.6 is 23.1 Å². The quantitative estimate of drug-likeness (QED) is 0.316. The van der Waals surface area contributed by atoms with Crippen LogP contribution in [0.4, 0.5) is 0 Å². The first-order valence-corrected chi connectivity index (χ1v) is 14.0. The largest absolute Gasteiger partial charge is 0.338 e. The SMILES string of the molecule is Cc1c(C(=O)N2CCCCC2)sc2nc(SCC(=O)C(C)(C)C)n(CCc3ccccc3)c(=O)c12. The number of amides is 1. The number of carbonyl (C=O) groups is 2. The van der Waals surface area contributed by atoms with Crippen molar-refractivity contribution in [3.05, 3.63) is 56.7 Å². The summed E-state index contributed by atoms with van der Waals surface area (Å²) in [5, 5.41) is 1.06. The number of hydrogen-bond acceptors (Lipinski definition) is 6. The van der Waals surface area contributed by atoms with Crippen molar-refractivity contribution in [2.75, 3.05) is 18.8 Å². The van der Waals surface area contributed by atoms with E-state index in [1.54, 1.807) is 4.57 Å². The molecular weight excluding hydrogens is 478 g/mol. The second kappa shape index (κ2) is 10.7. The fourth-order valence-corrected chi connectivity index (χ4v) is 6.56. The Morgan fingerprint density at radius 1 is 1.09 bits per heavy atom. The molecule has 0 radical (unpaired) electrons. The molecule has 3 aromatic rings. The maximum Gasteiger partial charge on any atom is 0.264 e. The second-order valence-corrected chi connectivity index (χ2v) is 12.1. The molecule has 35 heavy (non-hydrogen) atoms. The Kier molecular flexibility index (Phi) is 7.81. The first-order valence-electron chi connectivity index (χ1n) is 12.2. The summed E-state index contributed by atoms with van der Waals surface area (Å²) in [7, 11) is 0. The second-order valence-electron chi connectivity index (χ2n) is 10.1. The highest BCUT2D eigenvalue weighted by Gasteiger charge is 2.27. The van der Waals surface area contributed by atoms with Gasteiger partial charge in [-0.15, -0.1) is 11.3 Å². The summed E-state index contributed by atoms with van der Waals surface area (Å²) in [6.45, 7) is 9.54. The predicted molar refractivity (Wildman–Crippen MR) is 144 cm³/mol. The average molecular weight is 512 g/mol. The van der Waals surface area contributed by atoms with Crippen molar-refractivity contribution in [3.63, 3.8) is 0 Å². The van der Waals surface area contributed by atoms with Gasteiger partial charge in [0.25, 0.3) is 11.5 Å². The Balaban J connectivity index is 1.73. The van der Waals surface area contributed by atoms with Crippen molar-refractivity contribution in [1.29, 1.82) is 0 Å². The van der Waals surface area contributed by atoms with Crippen LogP contribution in [-0.2, 0) is 17.8 Å². The lowest BCUT2D eigenvalue weighted by Gasteiger charge is -2.26. The number of aromatic nitrogens is 2. The number of nitrogens with zero attached hydrogens (tertiary/aromatic N) is 3. The molecule has 2 aromatic heterocycles. The molecule has 0 bridgehead atoms. The van der Waals surface area contributed by atoms with E-state index in [1.807, 2.05) is 62.9 Å². The molecule has 3 heterocycles. The number of likely N-dealkylation sites (tertiary alicyclic amines) is 1. The third-order valence-corrected chi connectivity index (χ3v) is 8.64. The first kappa shape index (κ1) is 25.6. The van der Waals surface area contributed by atoms with E-state index < -0.39 is 5.41 Å². The number of aryl methyl sites for hydroxylation is 2. The number of thiophene rings is 1. The van der Waals surface area contributed by atoms with Crippen LogP contribution in [0, 0.1) is 12.3 Å². The monoisotopic (exact) mass is 511 g/mol. The van der Waals surface area contributed by atoms with Gasteiger partial charge in [-0.25, -0.2) is 4.98 Å². The van der Waals surface area contributed by atoms with E-state index in [-0.39, 0.29) is 23.0 Å². The van der Waals surface area contributed by atoms with Crippen molar-refractivity contribution >= 4 is 45.0 Å². The Morgan fingerprint density at radius 2 is 1.77 bits per heavy atom. The van der Waals surface area contributed by atoms with Crippen LogP contribution in [0.25, 0.3) is 10.2 Å². The maximum absolute atomic E-state index is 13.8. The smallest absolute Gasteiger partial charge is 0.264 e. The summed E-state index contributed by atoms with van der Waals surface area (Å²) in [4.78, 5) is 47.5. The summed E-state index contributed by atoms with van der Waals surface area (Å²) < 4.78 is 1.69. The van der Waals surface area contributed by atoms with Gasteiger partial charge in [0, 0.05) is 25.0 Å². The lowest BCUT2D eigenvalue weighted by molar-refractivity contribution is -0.123. The fourth-order valence-electron chi connectivity index (χ4n) is 4.18. The molecule has 1 aliphatic heterocycles. The molecular formula is C27H33N3O3S2. The molecule has 1 aliphatic rings. The minimum absolute atomic E-state index is 0.00227. The van der Waals surface area contributed by atoms with Gasteiger partial charge in [0.2, 0.25) is 0 Å². The van der Waals surface area contributed by atoms with E-state index in [2.05, 4.69) is 0 Å². The van der Waals surface area contributed by atoms with Crippen LogP contribution in [0.1, 0.15) is 60.8 Å². The Hall–Kier alpha value is -2.45. The lowest BCUT2D eigenvalue weighted by Crippen LogP contribution is -2.35. The molecule has 0 saturated carbocycles. The Morgan fingerprint density at radius 3 is 2.43 bits per heavy atom. The molecule has 0 unspecified atom stereocenters. The molecule has 6 nitrogen and oxygen atoms in total. The normalized spacial score (nSPS) is 14.5. The van der Waals surface area contributed by atoms with Gasteiger partial charge < -0.3 is 4.90 Å². The van der Waals surface area contributed by atoms with Gasteiger partial charge in [0.1, 0.15) is 10.6 Å². The van der Waals surface area contributed by atoms with Gasteiger partial charge in [-0.2, -0.15) is 0 Å². The van der Waals surface area contributed by atoms with Crippen LogP contribution in [-0.4, -0.2) is 45.0 Å². The van der Waals surface area contributed by atoms with Crippen LogP contribution in [0.5, 0.6) is 0 Å². The number of ketones is 1. The number of fused-ring (bicyclic) bond motifs is 1. The number of thioether (sulfide) groups is 1. The molecule has 0 atom stereocenters. The molecule has 1 amide bonds. The minimum Gasteiger partial charge on any atom is -0.338 e. The minimum atomic E-state index is -0.459. The number of hydrogen-bond donors (Lipinski definition) is 0. The Bertz CT molecular complexity index is 1280. The Labute approximate surface area is 214 Å². The van der Waals surface area contributed by atoms with Crippen molar-refractivity contribution in [2.24, 2.45) is 5.41 Å². The van der Waals surface area contributed by atoms with Crippen LogP contribution in [0.2, 0.25) is 0 Å². The number of benzene rings is 1. The molecule has 1 aromatic carbocycles. The van der Waals surface area contributed by atoms with E-state index in [9.17, 15) is 14.4 Å².